The van der Waals surface area contributed by atoms with Gasteiger partial charge in [-0.1, -0.05) is 6.07 Å². The van der Waals surface area contributed by atoms with Crippen LogP contribution in [0.5, 0.6) is 0 Å². The number of aryl methyl sites for hydroxylation is 1. The Balaban J connectivity index is 2.06. The van der Waals surface area contributed by atoms with E-state index in [1.54, 1.807) is 24.1 Å². The van der Waals surface area contributed by atoms with Gasteiger partial charge in [-0.05, 0) is 13.1 Å². The molecule has 22 heavy (non-hydrogen) atoms. The molecule has 1 atom stereocenters. The van der Waals surface area contributed by atoms with Gasteiger partial charge in [0, 0.05) is 51.2 Å². The second-order valence-electron chi connectivity index (χ2n) is 5.27. The maximum atomic E-state index is 12.4. The normalized spacial score (nSPS) is 12.0. The number of amides is 1. The van der Waals surface area contributed by atoms with Crippen LogP contribution in [0.3, 0.4) is 0 Å². The van der Waals surface area contributed by atoms with Gasteiger partial charge in [-0.2, -0.15) is 5.10 Å². The standard InChI is InChI=1S/C15H22N6O/c1-16-13(12-9-19-21(4)10-12)15(22)18-8-11-6-5-7-17-14(11)20(2)3/h5-7,9-10,13,16H,8H2,1-4H3,(H,18,22). The number of carbonyl (C=O) groups is 1. The number of pyridine rings is 1. The van der Waals surface area contributed by atoms with Gasteiger partial charge in [0.1, 0.15) is 11.9 Å². The molecule has 2 aromatic rings. The van der Waals surface area contributed by atoms with Gasteiger partial charge in [-0.15, -0.1) is 0 Å². The van der Waals surface area contributed by atoms with Crippen LogP contribution in [0, 0.1) is 0 Å². The highest BCUT2D eigenvalue weighted by molar-refractivity contribution is 5.83. The summed E-state index contributed by atoms with van der Waals surface area (Å²) in [5.41, 5.74) is 1.81. The Bertz CT molecular complexity index is 636. The zero-order valence-corrected chi connectivity index (χ0v) is 13.4. The lowest BCUT2D eigenvalue weighted by molar-refractivity contribution is -0.123. The summed E-state index contributed by atoms with van der Waals surface area (Å²) < 4.78 is 1.68. The van der Waals surface area contributed by atoms with Gasteiger partial charge in [0.2, 0.25) is 5.91 Å². The van der Waals surface area contributed by atoms with Crippen molar-refractivity contribution in [1.29, 1.82) is 0 Å². The maximum Gasteiger partial charge on any atom is 0.242 e. The highest BCUT2D eigenvalue weighted by Crippen LogP contribution is 2.15. The first kappa shape index (κ1) is 16.0. The van der Waals surface area contributed by atoms with E-state index in [4.69, 9.17) is 0 Å². The Morgan fingerprint density at radius 3 is 2.82 bits per heavy atom. The number of rotatable bonds is 6. The van der Waals surface area contributed by atoms with E-state index < -0.39 is 6.04 Å². The minimum atomic E-state index is -0.423. The van der Waals surface area contributed by atoms with Crippen LogP contribution in [0.25, 0.3) is 0 Å². The molecule has 2 N–H and O–H groups in total. The van der Waals surface area contributed by atoms with E-state index in [-0.39, 0.29) is 5.91 Å². The first-order valence-corrected chi connectivity index (χ1v) is 7.07. The lowest BCUT2D eigenvalue weighted by Crippen LogP contribution is -2.35. The molecule has 0 saturated carbocycles. The SMILES string of the molecule is CNC(C(=O)NCc1cccnc1N(C)C)c1cnn(C)c1. The monoisotopic (exact) mass is 302 g/mol. The van der Waals surface area contributed by atoms with E-state index in [9.17, 15) is 4.79 Å². The number of likely N-dealkylation sites (N-methyl/N-ethyl adjacent to an activating group) is 1. The Hall–Kier alpha value is -2.41. The van der Waals surface area contributed by atoms with Gasteiger partial charge in [0.15, 0.2) is 0 Å². The maximum absolute atomic E-state index is 12.4. The summed E-state index contributed by atoms with van der Waals surface area (Å²) in [5.74, 6) is 0.759. The van der Waals surface area contributed by atoms with Crippen LogP contribution in [0.15, 0.2) is 30.7 Å². The molecular formula is C15H22N6O. The third kappa shape index (κ3) is 3.62. The molecule has 0 fully saturated rings. The van der Waals surface area contributed by atoms with Gasteiger partial charge in [-0.3, -0.25) is 9.48 Å². The number of aromatic nitrogens is 3. The molecule has 0 spiro atoms. The Morgan fingerprint density at radius 1 is 1.45 bits per heavy atom. The lowest BCUT2D eigenvalue weighted by atomic mass is 10.1. The molecule has 2 heterocycles. The molecule has 0 aromatic carbocycles. The van der Waals surface area contributed by atoms with Crippen molar-refractivity contribution in [3.8, 4) is 0 Å². The van der Waals surface area contributed by atoms with Crippen LogP contribution in [0.2, 0.25) is 0 Å². The van der Waals surface area contributed by atoms with Gasteiger partial charge in [0.05, 0.1) is 6.20 Å². The van der Waals surface area contributed by atoms with Gasteiger partial charge in [-0.25, -0.2) is 4.98 Å². The molecule has 0 radical (unpaired) electrons. The van der Waals surface area contributed by atoms with Crippen LogP contribution in [-0.4, -0.2) is 41.8 Å². The summed E-state index contributed by atoms with van der Waals surface area (Å²) in [6.45, 7) is 0.429. The van der Waals surface area contributed by atoms with Gasteiger partial charge in [0.25, 0.3) is 0 Å². The minimum Gasteiger partial charge on any atom is -0.362 e. The van der Waals surface area contributed by atoms with Gasteiger partial charge < -0.3 is 15.5 Å². The van der Waals surface area contributed by atoms with Crippen molar-refractivity contribution in [2.24, 2.45) is 7.05 Å². The molecule has 0 aliphatic rings. The average Bonchev–Trinajstić information content (AvgIpc) is 2.92. The quantitative estimate of drug-likeness (QED) is 0.811. The third-order valence-corrected chi connectivity index (χ3v) is 3.35. The fraction of sp³-hybridized carbons (Fsp3) is 0.400. The summed E-state index contributed by atoms with van der Waals surface area (Å²) in [6.07, 6.45) is 5.26. The highest BCUT2D eigenvalue weighted by atomic mass is 16.2. The van der Waals surface area contributed by atoms with Crippen molar-refractivity contribution >= 4 is 11.7 Å². The molecule has 2 aromatic heterocycles. The summed E-state index contributed by atoms with van der Waals surface area (Å²) >= 11 is 0. The summed E-state index contributed by atoms with van der Waals surface area (Å²) in [4.78, 5) is 18.7. The van der Waals surface area contributed by atoms with Crippen molar-refractivity contribution in [2.45, 2.75) is 12.6 Å². The van der Waals surface area contributed by atoms with Crippen molar-refractivity contribution in [1.82, 2.24) is 25.4 Å². The molecule has 7 nitrogen and oxygen atoms in total. The van der Waals surface area contributed by atoms with Crippen molar-refractivity contribution in [3.63, 3.8) is 0 Å². The van der Waals surface area contributed by atoms with E-state index >= 15 is 0 Å². The molecule has 1 unspecified atom stereocenters. The van der Waals surface area contributed by atoms with Crippen LogP contribution in [-0.2, 0) is 18.4 Å². The lowest BCUT2D eigenvalue weighted by Gasteiger charge is -2.18. The molecular weight excluding hydrogens is 280 g/mol. The zero-order chi connectivity index (χ0) is 16.1. The van der Waals surface area contributed by atoms with Crippen LogP contribution in [0.1, 0.15) is 17.2 Å². The smallest absolute Gasteiger partial charge is 0.242 e. The van der Waals surface area contributed by atoms with Crippen molar-refractivity contribution in [3.05, 3.63) is 41.9 Å². The molecule has 2 rings (SSSR count). The van der Waals surface area contributed by atoms with E-state index in [0.29, 0.717) is 6.54 Å². The largest absolute Gasteiger partial charge is 0.362 e. The van der Waals surface area contributed by atoms with Crippen molar-refractivity contribution in [2.75, 3.05) is 26.0 Å². The number of carbonyl (C=O) groups excluding carboxylic acids is 1. The number of hydrogen-bond donors (Lipinski definition) is 2. The molecule has 0 aliphatic heterocycles. The topological polar surface area (TPSA) is 75.1 Å². The van der Waals surface area contributed by atoms with Gasteiger partial charge >= 0.3 is 0 Å². The fourth-order valence-electron chi connectivity index (χ4n) is 2.29. The number of nitrogens with zero attached hydrogens (tertiary/aromatic N) is 4. The number of hydrogen-bond acceptors (Lipinski definition) is 5. The second kappa shape index (κ2) is 7.04. The van der Waals surface area contributed by atoms with Crippen LogP contribution in [0.4, 0.5) is 5.82 Å². The first-order valence-electron chi connectivity index (χ1n) is 7.07. The van der Waals surface area contributed by atoms with Crippen molar-refractivity contribution < 1.29 is 4.79 Å². The first-order chi connectivity index (χ1) is 10.5. The number of nitrogens with one attached hydrogen (secondary N) is 2. The Morgan fingerprint density at radius 2 is 2.23 bits per heavy atom. The Kier molecular flexibility index (Phi) is 5.11. The predicted octanol–water partition coefficient (Wildman–Crippen LogP) is 0.458. The third-order valence-electron chi connectivity index (χ3n) is 3.35. The summed E-state index contributed by atoms with van der Waals surface area (Å²) in [7, 11) is 7.44. The second-order valence-corrected chi connectivity index (χ2v) is 5.27. The van der Waals surface area contributed by atoms with E-state index in [2.05, 4.69) is 20.7 Å². The fourth-order valence-corrected chi connectivity index (χ4v) is 2.29. The molecule has 7 heteroatoms. The highest BCUT2D eigenvalue weighted by Gasteiger charge is 2.20. The molecule has 1 amide bonds. The molecule has 0 aliphatic carbocycles. The van der Waals surface area contributed by atoms with E-state index in [1.165, 1.54) is 0 Å². The van der Waals surface area contributed by atoms with Crippen LogP contribution < -0.4 is 15.5 Å². The number of anilines is 1. The molecule has 0 saturated heterocycles. The van der Waals surface area contributed by atoms with Crippen LogP contribution >= 0.6 is 0 Å². The zero-order valence-electron chi connectivity index (χ0n) is 13.4. The Labute approximate surface area is 130 Å². The van der Waals surface area contributed by atoms with E-state index in [0.717, 1.165) is 16.9 Å². The van der Waals surface area contributed by atoms with E-state index in [1.807, 2.05) is 44.4 Å². The summed E-state index contributed by atoms with van der Waals surface area (Å²) in [6, 6.07) is 3.40. The minimum absolute atomic E-state index is 0.0935. The summed E-state index contributed by atoms with van der Waals surface area (Å²) in [5, 5.41) is 10.1. The molecule has 0 bridgehead atoms. The predicted molar refractivity (Wildman–Crippen MR) is 85.4 cm³/mol. The molecule has 118 valence electrons. The average molecular weight is 302 g/mol.